The molecule has 1 atom stereocenters. The second-order valence-electron chi connectivity index (χ2n) is 5.22. The molecule has 0 radical (unpaired) electrons. The number of halogens is 1. The van der Waals surface area contributed by atoms with Crippen LogP contribution in [-0.4, -0.2) is 17.9 Å². The van der Waals surface area contributed by atoms with Gasteiger partial charge in [-0.25, -0.2) is 0 Å². The molecule has 4 nitrogen and oxygen atoms in total. The van der Waals surface area contributed by atoms with E-state index in [-0.39, 0.29) is 17.7 Å². The molecule has 1 aromatic carbocycles. The van der Waals surface area contributed by atoms with Gasteiger partial charge in [0.25, 0.3) is 0 Å². The summed E-state index contributed by atoms with van der Waals surface area (Å²) in [6, 6.07) is 7.21. The maximum atomic E-state index is 12.4. The van der Waals surface area contributed by atoms with E-state index in [0.29, 0.717) is 0 Å². The number of rotatable bonds is 4. The summed E-state index contributed by atoms with van der Waals surface area (Å²) < 4.78 is 1.12. The molecular formula is C15H19IN2O2. The molecule has 0 heterocycles. The normalized spacial score (nSPS) is 16.7. The van der Waals surface area contributed by atoms with E-state index < -0.39 is 6.04 Å². The summed E-state index contributed by atoms with van der Waals surface area (Å²) in [5.74, 6) is -0.0179. The fourth-order valence-corrected chi connectivity index (χ4v) is 3.02. The third-order valence-electron chi connectivity index (χ3n) is 3.62. The number of amides is 2. The van der Waals surface area contributed by atoms with Crippen LogP contribution in [0.5, 0.6) is 0 Å². The van der Waals surface area contributed by atoms with Crippen LogP contribution in [0.15, 0.2) is 24.3 Å². The van der Waals surface area contributed by atoms with E-state index in [1.807, 2.05) is 24.3 Å². The van der Waals surface area contributed by atoms with Crippen molar-refractivity contribution in [3.63, 3.8) is 0 Å². The summed E-state index contributed by atoms with van der Waals surface area (Å²) in [4.78, 5) is 23.7. The van der Waals surface area contributed by atoms with Gasteiger partial charge in [0, 0.05) is 16.2 Å². The predicted octanol–water partition coefficient (Wildman–Crippen LogP) is 2.92. The zero-order valence-electron chi connectivity index (χ0n) is 11.5. The van der Waals surface area contributed by atoms with E-state index in [9.17, 15) is 9.59 Å². The lowest BCUT2D eigenvalue weighted by Gasteiger charge is -2.23. The van der Waals surface area contributed by atoms with E-state index >= 15 is 0 Å². The second-order valence-corrected chi connectivity index (χ2v) is 6.46. The van der Waals surface area contributed by atoms with Crippen LogP contribution in [0.1, 0.15) is 32.6 Å². The second kappa shape index (κ2) is 7.06. The Morgan fingerprint density at radius 2 is 1.80 bits per heavy atom. The van der Waals surface area contributed by atoms with Crippen LogP contribution in [0.25, 0.3) is 0 Å². The molecule has 0 aromatic heterocycles. The quantitative estimate of drug-likeness (QED) is 0.782. The van der Waals surface area contributed by atoms with Gasteiger partial charge in [-0.2, -0.15) is 0 Å². The number of benzene rings is 1. The van der Waals surface area contributed by atoms with Crippen LogP contribution in [0.2, 0.25) is 0 Å². The molecule has 5 heteroatoms. The van der Waals surface area contributed by atoms with Gasteiger partial charge in [-0.05, 0) is 65.6 Å². The minimum absolute atomic E-state index is 0.117. The number of carbonyl (C=O) groups excluding carboxylic acids is 2. The van der Waals surface area contributed by atoms with E-state index in [1.54, 1.807) is 0 Å². The lowest BCUT2D eigenvalue weighted by molar-refractivity contribution is -0.126. The highest BCUT2D eigenvalue weighted by Crippen LogP contribution is 2.28. The summed E-state index contributed by atoms with van der Waals surface area (Å²) >= 11 is 2.22. The first-order valence-corrected chi connectivity index (χ1v) is 7.97. The molecule has 20 heavy (non-hydrogen) atoms. The highest BCUT2D eigenvalue weighted by atomic mass is 127. The topological polar surface area (TPSA) is 58.2 Å². The van der Waals surface area contributed by atoms with Gasteiger partial charge in [-0.3, -0.25) is 9.59 Å². The highest BCUT2D eigenvalue weighted by Gasteiger charge is 2.31. The van der Waals surface area contributed by atoms with Crippen LogP contribution in [0.3, 0.4) is 0 Å². The van der Waals surface area contributed by atoms with Gasteiger partial charge in [-0.15, -0.1) is 0 Å². The lowest BCUT2D eigenvalue weighted by Crippen LogP contribution is -2.47. The SMILES string of the molecule is CC(=O)NC(C(=O)Nc1ccc(I)cc1)C1CCCC1. The highest BCUT2D eigenvalue weighted by molar-refractivity contribution is 14.1. The summed E-state index contributed by atoms with van der Waals surface area (Å²) in [7, 11) is 0. The molecule has 0 spiro atoms. The molecule has 2 N–H and O–H groups in total. The number of carbonyl (C=O) groups is 2. The van der Waals surface area contributed by atoms with Crippen molar-refractivity contribution in [2.24, 2.45) is 5.92 Å². The van der Waals surface area contributed by atoms with Gasteiger partial charge in [0.2, 0.25) is 11.8 Å². The Morgan fingerprint density at radius 3 is 2.35 bits per heavy atom. The van der Waals surface area contributed by atoms with Gasteiger partial charge in [0.1, 0.15) is 6.04 Å². The van der Waals surface area contributed by atoms with Crippen molar-refractivity contribution in [3.05, 3.63) is 27.8 Å². The minimum Gasteiger partial charge on any atom is -0.344 e. The van der Waals surface area contributed by atoms with Crippen LogP contribution >= 0.6 is 22.6 Å². The molecule has 1 aliphatic rings. The van der Waals surface area contributed by atoms with Crippen molar-refractivity contribution in [3.8, 4) is 0 Å². The minimum atomic E-state index is -0.422. The van der Waals surface area contributed by atoms with Gasteiger partial charge in [0.05, 0.1) is 0 Å². The Hall–Kier alpha value is -1.11. The molecular weight excluding hydrogens is 367 g/mol. The number of hydrogen-bond acceptors (Lipinski definition) is 2. The summed E-state index contributed by atoms with van der Waals surface area (Å²) in [5.41, 5.74) is 0.767. The van der Waals surface area contributed by atoms with Crippen molar-refractivity contribution in [1.29, 1.82) is 0 Å². The number of hydrogen-bond donors (Lipinski definition) is 2. The van der Waals surface area contributed by atoms with Crippen molar-refractivity contribution in [2.45, 2.75) is 38.6 Å². The first-order chi connectivity index (χ1) is 9.56. The van der Waals surface area contributed by atoms with Crippen molar-refractivity contribution < 1.29 is 9.59 Å². The Balaban J connectivity index is 2.05. The van der Waals surface area contributed by atoms with Gasteiger partial charge in [-0.1, -0.05) is 12.8 Å². The Bertz CT molecular complexity index is 481. The predicted molar refractivity (Wildman–Crippen MR) is 87.4 cm³/mol. The third kappa shape index (κ3) is 4.19. The zero-order chi connectivity index (χ0) is 14.5. The van der Waals surface area contributed by atoms with Crippen molar-refractivity contribution >= 4 is 40.1 Å². The Labute approximate surface area is 132 Å². The number of anilines is 1. The molecule has 1 aliphatic carbocycles. The molecule has 108 valence electrons. The largest absolute Gasteiger partial charge is 0.344 e. The molecule has 0 saturated heterocycles. The van der Waals surface area contributed by atoms with Crippen LogP contribution in [0.4, 0.5) is 5.69 Å². The zero-order valence-corrected chi connectivity index (χ0v) is 13.6. The molecule has 1 unspecified atom stereocenters. The van der Waals surface area contributed by atoms with Crippen molar-refractivity contribution in [1.82, 2.24) is 5.32 Å². The fourth-order valence-electron chi connectivity index (χ4n) is 2.66. The summed E-state index contributed by atoms with van der Waals surface area (Å²) in [5, 5.41) is 5.70. The van der Waals surface area contributed by atoms with Gasteiger partial charge < -0.3 is 10.6 Å². The first kappa shape index (κ1) is 15.3. The van der Waals surface area contributed by atoms with Crippen molar-refractivity contribution in [2.75, 3.05) is 5.32 Å². The molecule has 1 aromatic rings. The van der Waals surface area contributed by atoms with Crippen LogP contribution < -0.4 is 10.6 Å². The lowest BCUT2D eigenvalue weighted by atomic mass is 9.97. The third-order valence-corrected chi connectivity index (χ3v) is 4.34. The molecule has 0 aliphatic heterocycles. The first-order valence-electron chi connectivity index (χ1n) is 6.90. The molecule has 2 amide bonds. The standard InChI is InChI=1S/C15H19IN2O2/c1-10(19)17-14(11-4-2-3-5-11)15(20)18-13-8-6-12(16)7-9-13/h6-9,11,14H,2-5H2,1H3,(H,17,19)(H,18,20). The van der Waals surface area contributed by atoms with E-state index in [4.69, 9.17) is 0 Å². The average Bonchev–Trinajstić information content (AvgIpc) is 2.92. The number of nitrogens with one attached hydrogen (secondary N) is 2. The summed E-state index contributed by atoms with van der Waals surface area (Å²) in [6.45, 7) is 1.46. The summed E-state index contributed by atoms with van der Waals surface area (Å²) in [6.07, 6.45) is 4.28. The molecule has 2 rings (SSSR count). The molecule has 0 bridgehead atoms. The molecule has 1 fully saturated rings. The maximum absolute atomic E-state index is 12.4. The Morgan fingerprint density at radius 1 is 1.20 bits per heavy atom. The van der Waals surface area contributed by atoms with Gasteiger partial charge >= 0.3 is 0 Å². The average molecular weight is 386 g/mol. The maximum Gasteiger partial charge on any atom is 0.247 e. The smallest absolute Gasteiger partial charge is 0.247 e. The van der Waals surface area contributed by atoms with Crippen LogP contribution in [-0.2, 0) is 9.59 Å². The monoisotopic (exact) mass is 386 g/mol. The van der Waals surface area contributed by atoms with Gasteiger partial charge in [0.15, 0.2) is 0 Å². The van der Waals surface area contributed by atoms with E-state index in [0.717, 1.165) is 34.9 Å². The van der Waals surface area contributed by atoms with E-state index in [2.05, 4.69) is 33.2 Å². The Kier molecular flexibility index (Phi) is 5.39. The molecule has 1 saturated carbocycles. The van der Waals surface area contributed by atoms with Crippen LogP contribution in [0, 0.1) is 9.49 Å². The fraction of sp³-hybridized carbons (Fsp3) is 0.467. The van der Waals surface area contributed by atoms with E-state index in [1.165, 1.54) is 6.92 Å².